The fourth-order valence-corrected chi connectivity index (χ4v) is 1.63. The normalized spacial score (nSPS) is 10.5. The summed E-state index contributed by atoms with van der Waals surface area (Å²) in [6, 6.07) is 7.98. The molecule has 1 aromatic heterocycles. The number of H-pyrrole nitrogens is 1. The second-order valence-electron chi connectivity index (χ2n) is 3.27. The van der Waals surface area contributed by atoms with Crippen LogP contribution in [-0.2, 0) is 11.3 Å². The quantitative estimate of drug-likeness (QED) is 0.767. The molecule has 0 unspecified atom stereocenters. The van der Waals surface area contributed by atoms with E-state index in [-0.39, 0.29) is 11.8 Å². The van der Waals surface area contributed by atoms with Gasteiger partial charge in [0, 0.05) is 12.7 Å². The molecule has 0 bridgehead atoms. The van der Waals surface area contributed by atoms with Gasteiger partial charge in [-0.05, 0) is 17.0 Å². The van der Waals surface area contributed by atoms with Crippen LogP contribution in [0.5, 0.6) is 0 Å². The summed E-state index contributed by atoms with van der Waals surface area (Å²) in [7, 11) is 0. The highest BCUT2D eigenvalue weighted by molar-refractivity contribution is 6.27. The molecule has 4 heteroatoms. The molecule has 0 fully saturated rings. The Balaban J connectivity index is 2.20. The minimum absolute atomic E-state index is 0.000697. The van der Waals surface area contributed by atoms with Gasteiger partial charge >= 0.3 is 0 Å². The van der Waals surface area contributed by atoms with Gasteiger partial charge in [0.25, 0.3) is 0 Å². The number of para-hydroxylation sites is 1. The van der Waals surface area contributed by atoms with Gasteiger partial charge in [0.2, 0.25) is 5.91 Å². The van der Waals surface area contributed by atoms with Crippen molar-refractivity contribution in [2.75, 3.05) is 5.88 Å². The first-order valence-electron chi connectivity index (χ1n) is 4.69. The standard InChI is InChI=1S/C11H11ClN2O/c12-6-10(15)14-7-9-3-1-2-8-4-5-13-11(8)9/h1-5,13H,6-7H2,(H,14,15). The van der Waals surface area contributed by atoms with E-state index in [0.29, 0.717) is 6.54 Å². The maximum atomic E-state index is 11.0. The minimum atomic E-state index is -0.153. The summed E-state index contributed by atoms with van der Waals surface area (Å²) in [5.41, 5.74) is 2.13. The van der Waals surface area contributed by atoms with Crippen LogP contribution < -0.4 is 5.32 Å². The number of halogens is 1. The lowest BCUT2D eigenvalue weighted by Crippen LogP contribution is -2.23. The van der Waals surface area contributed by atoms with Crippen LogP contribution in [0, 0.1) is 0 Å². The summed E-state index contributed by atoms with van der Waals surface area (Å²) in [5.74, 6) is -0.152. The average Bonchev–Trinajstić information content (AvgIpc) is 2.74. The van der Waals surface area contributed by atoms with E-state index in [1.807, 2.05) is 30.5 Å². The number of fused-ring (bicyclic) bond motifs is 1. The van der Waals surface area contributed by atoms with Crippen molar-refractivity contribution in [2.45, 2.75) is 6.54 Å². The monoisotopic (exact) mass is 222 g/mol. The predicted octanol–water partition coefficient (Wildman–Crippen LogP) is 2.02. The molecule has 1 amide bonds. The van der Waals surface area contributed by atoms with Gasteiger partial charge in [0.15, 0.2) is 0 Å². The first-order chi connectivity index (χ1) is 7.31. The number of carbonyl (C=O) groups excluding carboxylic acids is 1. The molecule has 0 saturated heterocycles. The number of aromatic amines is 1. The van der Waals surface area contributed by atoms with E-state index in [9.17, 15) is 4.79 Å². The van der Waals surface area contributed by atoms with Crippen LogP contribution in [0.2, 0.25) is 0 Å². The summed E-state index contributed by atoms with van der Waals surface area (Å²) in [6.45, 7) is 0.503. The summed E-state index contributed by atoms with van der Waals surface area (Å²) < 4.78 is 0. The number of alkyl halides is 1. The molecule has 0 aliphatic heterocycles. The van der Waals surface area contributed by atoms with Gasteiger partial charge in [0.1, 0.15) is 5.88 Å². The molecule has 78 valence electrons. The Hall–Kier alpha value is -1.48. The van der Waals surface area contributed by atoms with Crippen LogP contribution in [0.25, 0.3) is 10.9 Å². The summed E-state index contributed by atoms with van der Waals surface area (Å²) in [6.07, 6.45) is 1.89. The van der Waals surface area contributed by atoms with Gasteiger partial charge in [-0.1, -0.05) is 18.2 Å². The number of nitrogens with one attached hydrogen (secondary N) is 2. The number of aromatic nitrogens is 1. The second kappa shape index (κ2) is 4.36. The number of rotatable bonds is 3. The Morgan fingerprint density at radius 2 is 2.27 bits per heavy atom. The van der Waals surface area contributed by atoms with Crippen LogP contribution in [0.3, 0.4) is 0 Å². The molecule has 0 atom stereocenters. The molecule has 0 spiro atoms. The van der Waals surface area contributed by atoms with Crippen molar-refractivity contribution < 1.29 is 4.79 Å². The van der Waals surface area contributed by atoms with Crippen molar-refractivity contribution in [1.82, 2.24) is 10.3 Å². The highest BCUT2D eigenvalue weighted by Crippen LogP contribution is 2.16. The molecule has 0 aliphatic rings. The summed E-state index contributed by atoms with van der Waals surface area (Å²) >= 11 is 5.40. The molecule has 0 radical (unpaired) electrons. The number of carbonyl (C=O) groups is 1. The van der Waals surface area contributed by atoms with Crippen molar-refractivity contribution in [2.24, 2.45) is 0 Å². The molecule has 2 rings (SSSR count). The van der Waals surface area contributed by atoms with Gasteiger partial charge in [-0.2, -0.15) is 0 Å². The third kappa shape index (κ3) is 2.13. The smallest absolute Gasteiger partial charge is 0.235 e. The summed E-state index contributed by atoms with van der Waals surface area (Å²) in [5, 5.41) is 3.89. The summed E-state index contributed by atoms with van der Waals surface area (Å²) in [4.78, 5) is 14.2. The minimum Gasteiger partial charge on any atom is -0.361 e. The lowest BCUT2D eigenvalue weighted by atomic mass is 10.1. The zero-order chi connectivity index (χ0) is 10.7. The fourth-order valence-electron chi connectivity index (χ4n) is 1.54. The van der Waals surface area contributed by atoms with Crippen molar-refractivity contribution in [1.29, 1.82) is 0 Å². The van der Waals surface area contributed by atoms with Gasteiger partial charge < -0.3 is 10.3 Å². The number of hydrogen-bond acceptors (Lipinski definition) is 1. The van der Waals surface area contributed by atoms with E-state index in [1.54, 1.807) is 0 Å². The van der Waals surface area contributed by atoms with Gasteiger partial charge in [-0.15, -0.1) is 11.6 Å². The van der Waals surface area contributed by atoms with E-state index in [2.05, 4.69) is 10.3 Å². The van der Waals surface area contributed by atoms with E-state index >= 15 is 0 Å². The highest BCUT2D eigenvalue weighted by Gasteiger charge is 2.03. The van der Waals surface area contributed by atoms with Crippen molar-refractivity contribution >= 4 is 28.4 Å². The van der Waals surface area contributed by atoms with E-state index in [0.717, 1.165) is 16.5 Å². The first kappa shape index (κ1) is 10.1. The maximum absolute atomic E-state index is 11.0. The Labute approximate surface area is 92.4 Å². The molecule has 3 nitrogen and oxygen atoms in total. The highest BCUT2D eigenvalue weighted by atomic mass is 35.5. The Morgan fingerprint density at radius 1 is 1.40 bits per heavy atom. The van der Waals surface area contributed by atoms with Crippen LogP contribution in [0.15, 0.2) is 30.5 Å². The zero-order valence-corrected chi connectivity index (χ0v) is 8.84. The number of benzene rings is 1. The largest absolute Gasteiger partial charge is 0.361 e. The molecule has 1 aromatic carbocycles. The molecule has 15 heavy (non-hydrogen) atoms. The fraction of sp³-hybridized carbons (Fsp3) is 0.182. The maximum Gasteiger partial charge on any atom is 0.235 e. The molecule has 0 aliphatic carbocycles. The molecule has 2 N–H and O–H groups in total. The van der Waals surface area contributed by atoms with Crippen LogP contribution in [0.1, 0.15) is 5.56 Å². The van der Waals surface area contributed by atoms with E-state index < -0.39 is 0 Å². The van der Waals surface area contributed by atoms with Crippen molar-refractivity contribution in [3.05, 3.63) is 36.0 Å². The molecule has 2 aromatic rings. The van der Waals surface area contributed by atoms with Crippen molar-refractivity contribution in [3.63, 3.8) is 0 Å². The van der Waals surface area contributed by atoms with E-state index in [4.69, 9.17) is 11.6 Å². The van der Waals surface area contributed by atoms with Crippen LogP contribution in [0.4, 0.5) is 0 Å². The molecular weight excluding hydrogens is 212 g/mol. The average molecular weight is 223 g/mol. The Kier molecular flexibility index (Phi) is 2.92. The van der Waals surface area contributed by atoms with Gasteiger partial charge in [0.05, 0.1) is 5.52 Å². The zero-order valence-electron chi connectivity index (χ0n) is 8.09. The lowest BCUT2D eigenvalue weighted by Gasteiger charge is -2.04. The van der Waals surface area contributed by atoms with E-state index in [1.165, 1.54) is 0 Å². The van der Waals surface area contributed by atoms with Gasteiger partial charge in [-0.25, -0.2) is 0 Å². The predicted molar refractivity (Wildman–Crippen MR) is 60.9 cm³/mol. The van der Waals surface area contributed by atoms with Gasteiger partial charge in [-0.3, -0.25) is 4.79 Å². The Morgan fingerprint density at radius 3 is 3.07 bits per heavy atom. The number of hydrogen-bond donors (Lipinski definition) is 2. The molecule has 0 saturated carbocycles. The second-order valence-corrected chi connectivity index (χ2v) is 3.54. The molecule has 1 heterocycles. The first-order valence-corrected chi connectivity index (χ1v) is 5.22. The third-order valence-electron chi connectivity index (χ3n) is 2.27. The lowest BCUT2D eigenvalue weighted by molar-refractivity contribution is -0.118. The molecular formula is C11H11ClN2O. The van der Waals surface area contributed by atoms with Crippen LogP contribution in [-0.4, -0.2) is 16.8 Å². The van der Waals surface area contributed by atoms with Crippen LogP contribution >= 0.6 is 11.6 Å². The number of amides is 1. The third-order valence-corrected chi connectivity index (χ3v) is 2.51. The van der Waals surface area contributed by atoms with Crippen molar-refractivity contribution in [3.8, 4) is 0 Å². The SMILES string of the molecule is O=C(CCl)NCc1cccc2cc[nH]c12. The topological polar surface area (TPSA) is 44.9 Å². The Bertz CT molecular complexity index is 478.